The molecule has 2 aromatic rings. The lowest BCUT2D eigenvalue weighted by Gasteiger charge is -2.17. The lowest BCUT2D eigenvalue weighted by molar-refractivity contribution is 0.273. The molecule has 9 heteroatoms. The summed E-state index contributed by atoms with van der Waals surface area (Å²) in [7, 11) is -9.52. The summed E-state index contributed by atoms with van der Waals surface area (Å²) in [5, 5.41) is 0. The summed E-state index contributed by atoms with van der Waals surface area (Å²) in [5.41, 5.74) is -0.913. The Bertz CT molecular complexity index is 874. The summed E-state index contributed by atoms with van der Waals surface area (Å²) in [5.74, 6) is -1.22. The van der Waals surface area contributed by atoms with Gasteiger partial charge >= 0.3 is 10.1 Å². The molecule has 23 heavy (non-hydrogen) atoms. The van der Waals surface area contributed by atoms with Crippen molar-refractivity contribution in [3.8, 4) is 16.9 Å². The maximum Gasteiger partial charge on any atom is 0.304 e. The van der Waals surface area contributed by atoms with Crippen LogP contribution in [0.1, 0.15) is 0 Å². The standard InChI is InChI=1S/C14H14O7S2/c15-22(16,17)10-14(23(18,19)20)21-13-9-5-4-8-12(13)11-6-2-1-3-7-11/h1-9,14H,10H2,(H,15,16,17)(H,18,19,20). The minimum absolute atomic E-state index is 0.0602. The fraction of sp³-hybridized carbons (Fsp3) is 0.143. The normalized spacial score (nSPS) is 13.5. The van der Waals surface area contributed by atoms with E-state index in [1.807, 2.05) is 0 Å². The fourth-order valence-electron chi connectivity index (χ4n) is 1.92. The Kier molecular flexibility index (Phi) is 5.05. The van der Waals surface area contributed by atoms with Crippen LogP contribution in [0, 0.1) is 0 Å². The average molecular weight is 358 g/mol. The van der Waals surface area contributed by atoms with Gasteiger partial charge < -0.3 is 4.74 Å². The van der Waals surface area contributed by atoms with Gasteiger partial charge in [0, 0.05) is 5.56 Å². The molecule has 0 amide bonds. The maximum absolute atomic E-state index is 11.3. The molecule has 2 aromatic carbocycles. The van der Waals surface area contributed by atoms with Crippen LogP contribution in [0.15, 0.2) is 54.6 Å². The molecule has 0 aliphatic carbocycles. The van der Waals surface area contributed by atoms with Crippen LogP contribution >= 0.6 is 0 Å². The minimum Gasteiger partial charge on any atom is -0.470 e. The Labute approximate surface area is 134 Å². The summed E-state index contributed by atoms with van der Waals surface area (Å²) in [4.78, 5) is 0. The topological polar surface area (TPSA) is 118 Å². The highest BCUT2D eigenvalue weighted by atomic mass is 32.2. The van der Waals surface area contributed by atoms with Gasteiger partial charge in [0.25, 0.3) is 10.1 Å². The van der Waals surface area contributed by atoms with Crippen LogP contribution in [-0.4, -0.2) is 37.1 Å². The number of ether oxygens (including phenoxy) is 1. The number of rotatable bonds is 6. The van der Waals surface area contributed by atoms with E-state index in [9.17, 15) is 16.8 Å². The second kappa shape index (κ2) is 6.67. The van der Waals surface area contributed by atoms with Crippen LogP contribution in [0.25, 0.3) is 11.1 Å². The van der Waals surface area contributed by atoms with Gasteiger partial charge in [0.1, 0.15) is 11.5 Å². The van der Waals surface area contributed by atoms with Crippen LogP contribution in [-0.2, 0) is 20.2 Å². The second-order valence-corrected chi connectivity index (χ2v) is 7.73. The molecule has 0 bridgehead atoms. The Morgan fingerprint density at radius 3 is 2.00 bits per heavy atom. The van der Waals surface area contributed by atoms with Gasteiger partial charge in [0.2, 0.25) is 5.44 Å². The number of benzene rings is 2. The maximum atomic E-state index is 11.3. The molecule has 1 atom stereocenters. The summed E-state index contributed by atoms with van der Waals surface area (Å²) in [6.45, 7) is 0. The van der Waals surface area contributed by atoms with Gasteiger partial charge in [-0.15, -0.1) is 0 Å². The van der Waals surface area contributed by atoms with Crippen molar-refractivity contribution >= 4 is 20.2 Å². The van der Waals surface area contributed by atoms with Gasteiger partial charge in [0.05, 0.1) is 0 Å². The molecule has 2 rings (SSSR count). The Morgan fingerprint density at radius 1 is 0.870 bits per heavy atom. The quantitative estimate of drug-likeness (QED) is 0.756. The molecular formula is C14H14O7S2. The number of hydrogen-bond acceptors (Lipinski definition) is 5. The molecular weight excluding hydrogens is 344 g/mol. The summed E-state index contributed by atoms with van der Waals surface area (Å²) >= 11 is 0. The minimum atomic E-state index is -4.86. The molecule has 0 aromatic heterocycles. The SMILES string of the molecule is O=S(=O)(O)CC(Oc1ccccc1-c1ccccc1)S(=O)(=O)O. The van der Waals surface area contributed by atoms with E-state index in [-0.39, 0.29) is 5.75 Å². The van der Waals surface area contributed by atoms with Crippen molar-refractivity contribution in [2.75, 3.05) is 5.75 Å². The lowest BCUT2D eigenvalue weighted by Crippen LogP contribution is -2.34. The van der Waals surface area contributed by atoms with Gasteiger partial charge in [-0.2, -0.15) is 16.8 Å². The van der Waals surface area contributed by atoms with E-state index in [1.54, 1.807) is 48.5 Å². The van der Waals surface area contributed by atoms with E-state index in [0.29, 0.717) is 11.1 Å². The highest BCUT2D eigenvalue weighted by Crippen LogP contribution is 2.30. The molecule has 124 valence electrons. The molecule has 2 N–H and O–H groups in total. The van der Waals surface area contributed by atoms with Crippen LogP contribution in [0.3, 0.4) is 0 Å². The molecule has 0 aliphatic rings. The Hall–Kier alpha value is -1.94. The summed E-state index contributed by atoms with van der Waals surface area (Å²) in [6, 6.07) is 15.2. The van der Waals surface area contributed by atoms with Crippen molar-refractivity contribution in [3.63, 3.8) is 0 Å². The van der Waals surface area contributed by atoms with Crippen LogP contribution in [0.5, 0.6) is 5.75 Å². The first-order valence-electron chi connectivity index (χ1n) is 6.39. The van der Waals surface area contributed by atoms with Gasteiger partial charge in [-0.05, 0) is 11.6 Å². The zero-order valence-electron chi connectivity index (χ0n) is 11.7. The monoisotopic (exact) mass is 358 g/mol. The van der Waals surface area contributed by atoms with Crippen molar-refractivity contribution < 1.29 is 30.7 Å². The van der Waals surface area contributed by atoms with Crippen LogP contribution < -0.4 is 4.74 Å². The first kappa shape index (κ1) is 17.4. The molecule has 0 heterocycles. The first-order chi connectivity index (χ1) is 10.7. The Morgan fingerprint density at radius 2 is 1.43 bits per heavy atom. The molecule has 7 nitrogen and oxygen atoms in total. The van der Waals surface area contributed by atoms with E-state index >= 15 is 0 Å². The van der Waals surface area contributed by atoms with Crippen molar-refractivity contribution in [3.05, 3.63) is 54.6 Å². The molecule has 0 fully saturated rings. The molecule has 0 aliphatic heterocycles. The number of para-hydroxylation sites is 1. The molecule has 1 unspecified atom stereocenters. The average Bonchev–Trinajstić information content (AvgIpc) is 2.46. The third-order valence-electron chi connectivity index (χ3n) is 2.91. The molecule has 0 saturated carbocycles. The van der Waals surface area contributed by atoms with Crippen molar-refractivity contribution in [2.24, 2.45) is 0 Å². The smallest absolute Gasteiger partial charge is 0.304 e. The van der Waals surface area contributed by atoms with E-state index in [4.69, 9.17) is 13.8 Å². The first-order valence-corrected chi connectivity index (χ1v) is 9.50. The largest absolute Gasteiger partial charge is 0.470 e. The van der Waals surface area contributed by atoms with Crippen LogP contribution in [0.2, 0.25) is 0 Å². The third kappa shape index (κ3) is 5.03. The third-order valence-corrected chi connectivity index (χ3v) is 4.77. The van der Waals surface area contributed by atoms with E-state index < -0.39 is 31.4 Å². The van der Waals surface area contributed by atoms with E-state index in [2.05, 4.69) is 0 Å². The molecule has 0 saturated heterocycles. The van der Waals surface area contributed by atoms with Crippen molar-refractivity contribution in [1.82, 2.24) is 0 Å². The fourth-order valence-corrected chi connectivity index (χ4v) is 3.76. The predicted octanol–water partition coefficient (Wildman–Crippen LogP) is 1.83. The number of hydrogen-bond donors (Lipinski definition) is 2. The van der Waals surface area contributed by atoms with Crippen molar-refractivity contribution in [1.29, 1.82) is 0 Å². The van der Waals surface area contributed by atoms with Gasteiger partial charge in [-0.25, -0.2) is 0 Å². The molecule has 0 spiro atoms. The highest BCUT2D eigenvalue weighted by molar-refractivity contribution is 7.90. The van der Waals surface area contributed by atoms with Gasteiger partial charge in [-0.1, -0.05) is 48.5 Å². The Balaban J connectivity index is 2.42. The zero-order valence-corrected chi connectivity index (χ0v) is 13.4. The predicted molar refractivity (Wildman–Crippen MR) is 84.3 cm³/mol. The highest BCUT2D eigenvalue weighted by Gasteiger charge is 2.31. The zero-order chi connectivity index (χ0) is 17.1. The lowest BCUT2D eigenvalue weighted by atomic mass is 10.1. The van der Waals surface area contributed by atoms with Crippen molar-refractivity contribution in [2.45, 2.75) is 5.44 Å². The van der Waals surface area contributed by atoms with Gasteiger partial charge in [-0.3, -0.25) is 9.11 Å². The van der Waals surface area contributed by atoms with Gasteiger partial charge in [0.15, 0.2) is 0 Å². The summed E-state index contributed by atoms with van der Waals surface area (Å²) < 4.78 is 67.6. The summed E-state index contributed by atoms with van der Waals surface area (Å²) in [6.07, 6.45) is 0. The molecule has 0 radical (unpaired) electrons. The van der Waals surface area contributed by atoms with E-state index in [0.717, 1.165) is 0 Å². The second-order valence-electron chi connectivity index (χ2n) is 4.67. The van der Waals surface area contributed by atoms with Crippen LogP contribution in [0.4, 0.5) is 0 Å². The van der Waals surface area contributed by atoms with E-state index in [1.165, 1.54) is 6.07 Å².